The van der Waals surface area contributed by atoms with Gasteiger partial charge in [0.05, 0.1) is 24.2 Å². The first kappa shape index (κ1) is 33.5. The fraction of sp³-hybridized carbons (Fsp3) is 0.379. The second-order valence-electron chi connectivity index (χ2n) is 9.86. The molecule has 2 heterocycles. The standard InChI is InChI=1S/C29H35ClN8O7/c1-2-3-9-25-32-27(30)24(19-44-29(40)31-15-17-43-26(39)10-6-16-45-38(41)42)37(25)18-20-11-13-21(14-12-20)22-7-4-5-8-23(22)28-33-35-36-34-28/h4-5,7-8,11-14,41-42H,2-3,6,9-10,15-19H2,1H3,(H,31,40)(H,33,34,35,36). The summed E-state index contributed by atoms with van der Waals surface area (Å²) in [7, 11) is 0. The van der Waals surface area contributed by atoms with Gasteiger partial charge in [-0.1, -0.05) is 73.5 Å². The molecule has 0 radical (unpaired) electrons. The minimum absolute atomic E-state index is 0.0114. The number of unbranched alkanes of at least 4 members (excludes halogenated alkanes) is 1. The average molecular weight is 643 g/mol. The molecular formula is C29H35ClN8O7. The summed E-state index contributed by atoms with van der Waals surface area (Å²) in [6.45, 7) is 2.38. The molecule has 0 spiro atoms. The first-order valence-corrected chi connectivity index (χ1v) is 14.8. The Bertz CT molecular complexity index is 1510. The van der Waals surface area contributed by atoms with Crippen molar-refractivity contribution in [3.8, 4) is 22.5 Å². The third-order valence-corrected chi connectivity index (χ3v) is 7.00. The van der Waals surface area contributed by atoms with Crippen molar-refractivity contribution in [2.75, 3.05) is 19.8 Å². The number of nitrogens with one attached hydrogen (secondary N) is 2. The number of carbonyl (C=O) groups excluding carboxylic acids is 2. The van der Waals surface area contributed by atoms with Gasteiger partial charge in [0.1, 0.15) is 19.0 Å². The van der Waals surface area contributed by atoms with Crippen LogP contribution < -0.4 is 5.32 Å². The quantitative estimate of drug-likeness (QED) is 0.0725. The van der Waals surface area contributed by atoms with Crippen molar-refractivity contribution in [1.82, 2.24) is 40.9 Å². The number of carbonyl (C=O) groups is 2. The molecule has 0 fully saturated rings. The maximum absolute atomic E-state index is 12.4. The molecular weight excluding hydrogens is 608 g/mol. The SMILES string of the molecule is CCCCc1nc(Cl)c(COC(=O)NCCOC(=O)CCCON(O)O)n1Cc1ccc(-c2ccccc2-c2nnn[nH]2)cc1. The van der Waals surface area contributed by atoms with Gasteiger partial charge in [0.2, 0.25) is 0 Å². The molecule has 4 rings (SSSR count). The number of tetrazole rings is 1. The third-order valence-electron chi connectivity index (χ3n) is 6.70. The number of benzene rings is 2. The maximum Gasteiger partial charge on any atom is 0.407 e. The van der Waals surface area contributed by atoms with Crippen molar-refractivity contribution >= 4 is 23.7 Å². The zero-order chi connectivity index (χ0) is 32.0. The second-order valence-corrected chi connectivity index (χ2v) is 10.2. The van der Waals surface area contributed by atoms with E-state index < -0.39 is 17.5 Å². The lowest BCUT2D eigenvalue weighted by Gasteiger charge is -2.14. The molecule has 0 unspecified atom stereocenters. The van der Waals surface area contributed by atoms with Crippen molar-refractivity contribution in [3.05, 3.63) is 70.8 Å². The summed E-state index contributed by atoms with van der Waals surface area (Å²) in [6.07, 6.45) is 2.16. The molecule has 240 valence electrons. The van der Waals surface area contributed by atoms with Gasteiger partial charge in [-0.15, -0.1) is 5.10 Å². The maximum atomic E-state index is 12.4. The Labute approximate surface area is 263 Å². The van der Waals surface area contributed by atoms with Crippen LogP contribution in [0, 0.1) is 0 Å². The monoisotopic (exact) mass is 642 g/mol. The van der Waals surface area contributed by atoms with Crippen LogP contribution in [0.4, 0.5) is 4.79 Å². The van der Waals surface area contributed by atoms with Crippen LogP contribution in [0.5, 0.6) is 0 Å². The van der Waals surface area contributed by atoms with Gasteiger partial charge < -0.3 is 19.4 Å². The predicted octanol–water partition coefficient (Wildman–Crippen LogP) is 4.34. The van der Waals surface area contributed by atoms with Crippen molar-refractivity contribution in [1.29, 1.82) is 0 Å². The fourth-order valence-electron chi connectivity index (χ4n) is 4.48. The largest absolute Gasteiger partial charge is 0.464 e. The van der Waals surface area contributed by atoms with Gasteiger partial charge in [0.15, 0.2) is 11.0 Å². The van der Waals surface area contributed by atoms with Crippen LogP contribution in [0.3, 0.4) is 0 Å². The molecule has 0 saturated carbocycles. The Balaban J connectivity index is 1.35. The normalized spacial score (nSPS) is 11.1. The molecule has 15 nitrogen and oxygen atoms in total. The van der Waals surface area contributed by atoms with Crippen LogP contribution in [0.2, 0.25) is 5.15 Å². The predicted molar refractivity (Wildman–Crippen MR) is 160 cm³/mol. The second kappa shape index (κ2) is 17.2. The summed E-state index contributed by atoms with van der Waals surface area (Å²) >= 11 is 6.52. The summed E-state index contributed by atoms with van der Waals surface area (Å²) in [6, 6.07) is 16.0. The molecule has 0 aliphatic carbocycles. The third kappa shape index (κ3) is 10.1. The number of aryl methyl sites for hydroxylation is 1. The van der Waals surface area contributed by atoms with E-state index in [4.69, 9.17) is 31.5 Å². The first-order valence-electron chi connectivity index (χ1n) is 14.4. The van der Waals surface area contributed by atoms with Gasteiger partial charge in [0, 0.05) is 24.9 Å². The molecule has 4 aromatic rings. The average Bonchev–Trinajstić information content (AvgIpc) is 3.68. The van der Waals surface area contributed by atoms with Gasteiger partial charge >= 0.3 is 12.1 Å². The highest BCUT2D eigenvalue weighted by Crippen LogP contribution is 2.30. The number of nitrogens with zero attached hydrogens (tertiary/aromatic N) is 6. The number of hydrogen-bond acceptors (Lipinski definition) is 12. The van der Waals surface area contributed by atoms with E-state index in [9.17, 15) is 9.59 Å². The minimum Gasteiger partial charge on any atom is -0.464 e. The molecule has 0 saturated heterocycles. The Morgan fingerprint density at radius 1 is 1.04 bits per heavy atom. The molecule has 0 aliphatic heterocycles. The Kier molecular flexibility index (Phi) is 12.8. The highest BCUT2D eigenvalue weighted by atomic mass is 35.5. The van der Waals surface area contributed by atoms with Gasteiger partial charge in [0.25, 0.3) is 0 Å². The lowest BCUT2D eigenvalue weighted by atomic mass is 9.98. The topological polar surface area (TPSA) is 190 Å². The molecule has 2 aromatic carbocycles. The molecule has 0 aliphatic rings. The van der Waals surface area contributed by atoms with Crippen LogP contribution in [0.15, 0.2) is 48.5 Å². The van der Waals surface area contributed by atoms with Crippen LogP contribution in [-0.4, -0.2) is 77.8 Å². The van der Waals surface area contributed by atoms with E-state index in [0.717, 1.165) is 47.3 Å². The number of halogens is 1. The Morgan fingerprint density at radius 2 is 1.82 bits per heavy atom. The van der Waals surface area contributed by atoms with Crippen LogP contribution in [0.25, 0.3) is 22.5 Å². The number of rotatable bonds is 17. The number of hydrogen-bond donors (Lipinski definition) is 4. The summed E-state index contributed by atoms with van der Waals surface area (Å²) in [5, 5.41) is 33.5. The zero-order valence-electron chi connectivity index (χ0n) is 24.7. The highest BCUT2D eigenvalue weighted by Gasteiger charge is 2.18. The lowest BCUT2D eigenvalue weighted by Crippen LogP contribution is -2.29. The zero-order valence-corrected chi connectivity index (χ0v) is 25.4. The smallest absolute Gasteiger partial charge is 0.407 e. The summed E-state index contributed by atoms with van der Waals surface area (Å²) in [5.41, 5.74) is 4.45. The summed E-state index contributed by atoms with van der Waals surface area (Å²) in [5.74, 6) is 0.867. The molecule has 1 amide bonds. The van der Waals surface area contributed by atoms with Crippen molar-refractivity contribution in [2.24, 2.45) is 0 Å². The number of ether oxygens (including phenoxy) is 2. The molecule has 0 atom stereocenters. The van der Waals surface area contributed by atoms with Crippen molar-refractivity contribution < 1.29 is 34.3 Å². The molecule has 4 N–H and O–H groups in total. The van der Waals surface area contributed by atoms with E-state index in [1.165, 1.54) is 0 Å². The van der Waals surface area contributed by atoms with Crippen molar-refractivity contribution in [3.63, 3.8) is 0 Å². The van der Waals surface area contributed by atoms with E-state index in [1.807, 2.05) is 53.1 Å². The summed E-state index contributed by atoms with van der Waals surface area (Å²) in [4.78, 5) is 33.0. The van der Waals surface area contributed by atoms with Gasteiger partial charge in [-0.25, -0.2) is 14.9 Å². The number of amides is 1. The molecule has 2 aromatic heterocycles. The Hall–Kier alpha value is -4.41. The van der Waals surface area contributed by atoms with E-state index in [0.29, 0.717) is 18.1 Å². The van der Waals surface area contributed by atoms with Gasteiger partial charge in [-0.05, 0) is 40.0 Å². The number of H-pyrrole nitrogens is 1. The van der Waals surface area contributed by atoms with E-state index in [1.54, 1.807) is 0 Å². The number of aromatic amines is 1. The van der Waals surface area contributed by atoms with E-state index >= 15 is 0 Å². The number of imidazole rings is 1. The van der Waals surface area contributed by atoms with Gasteiger partial charge in [-0.2, -0.15) is 0 Å². The Morgan fingerprint density at radius 3 is 2.53 bits per heavy atom. The molecule has 0 bridgehead atoms. The summed E-state index contributed by atoms with van der Waals surface area (Å²) < 4.78 is 12.4. The number of alkyl carbamates (subject to hydrolysis) is 1. The van der Waals surface area contributed by atoms with Crippen LogP contribution >= 0.6 is 11.6 Å². The van der Waals surface area contributed by atoms with Crippen LogP contribution in [-0.2, 0) is 38.7 Å². The number of aromatic nitrogens is 6. The fourth-order valence-corrected chi connectivity index (χ4v) is 4.73. The lowest BCUT2D eigenvalue weighted by molar-refractivity contribution is -0.492. The molecule has 45 heavy (non-hydrogen) atoms. The minimum atomic E-state index is -0.700. The van der Waals surface area contributed by atoms with Gasteiger partial charge in [-0.3, -0.25) is 20.0 Å². The number of esters is 1. The van der Waals surface area contributed by atoms with Crippen molar-refractivity contribution in [2.45, 2.75) is 52.2 Å². The highest BCUT2D eigenvalue weighted by molar-refractivity contribution is 6.30. The first-order chi connectivity index (χ1) is 21.9. The van der Waals surface area contributed by atoms with E-state index in [-0.39, 0.29) is 44.4 Å². The van der Waals surface area contributed by atoms with E-state index in [2.05, 4.69) is 42.7 Å². The van der Waals surface area contributed by atoms with Crippen LogP contribution in [0.1, 0.15) is 49.7 Å². The molecule has 16 heteroatoms.